The molecule has 17 heavy (non-hydrogen) atoms. The highest BCUT2D eigenvalue weighted by molar-refractivity contribution is 6.32. The molecule has 0 aliphatic heterocycles. The predicted molar refractivity (Wildman–Crippen MR) is 58.1 cm³/mol. The van der Waals surface area contributed by atoms with Crippen LogP contribution in [0.4, 0.5) is 4.39 Å². The van der Waals surface area contributed by atoms with E-state index in [9.17, 15) is 19.7 Å². The van der Waals surface area contributed by atoms with E-state index < -0.39 is 30.3 Å². The summed E-state index contributed by atoms with van der Waals surface area (Å²) in [5.41, 5.74) is 7.78. The molecule has 0 saturated carbocycles. The second-order valence-corrected chi connectivity index (χ2v) is 3.66. The summed E-state index contributed by atoms with van der Waals surface area (Å²) < 4.78 is 13.0. The van der Waals surface area contributed by atoms with Gasteiger partial charge in [0, 0.05) is 10.5 Å². The molecule has 1 rings (SSSR count). The van der Waals surface area contributed by atoms with Gasteiger partial charge in [0.25, 0.3) is 0 Å². The van der Waals surface area contributed by atoms with Crippen LogP contribution in [0.3, 0.4) is 0 Å². The van der Waals surface area contributed by atoms with Gasteiger partial charge in [-0.25, -0.2) is 4.39 Å². The van der Waals surface area contributed by atoms with Crippen molar-refractivity contribution in [2.24, 2.45) is 5.11 Å². The maximum absolute atomic E-state index is 13.0. The van der Waals surface area contributed by atoms with Crippen molar-refractivity contribution in [3.63, 3.8) is 0 Å². The molecule has 3 N–H and O–H groups in total. The van der Waals surface area contributed by atoms with Crippen LogP contribution in [0.1, 0.15) is 11.7 Å². The van der Waals surface area contributed by atoms with Gasteiger partial charge in [-0.15, -0.1) is 0 Å². The number of nitrogens with zero attached hydrogens (tertiary/aromatic N) is 3. The summed E-state index contributed by atoms with van der Waals surface area (Å²) in [6.45, 7) is -0.411. The normalized spacial score (nSPS) is 13.9. The Balaban J connectivity index is 3.02. The minimum Gasteiger partial charge on any atom is -0.506 e. The largest absolute Gasteiger partial charge is 0.506 e. The molecule has 8 heteroatoms. The number of hydrogen-bond acceptors (Lipinski definition) is 4. The number of aromatic hydroxyl groups is 1. The zero-order valence-corrected chi connectivity index (χ0v) is 9.21. The second-order valence-electron chi connectivity index (χ2n) is 3.25. The summed E-state index contributed by atoms with van der Waals surface area (Å²) >= 11 is 5.51. The first-order valence-electron chi connectivity index (χ1n) is 4.52. The molecule has 6 nitrogen and oxygen atoms in total. The molecule has 0 fully saturated rings. The third-order valence-electron chi connectivity index (χ3n) is 2.07. The second kappa shape index (κ2) is 5.70. The van der Waals surface area contributed by atoms with Crippen LogP contribution in [-0.2, 0) is 0 Å². The molecule has 0 aromatic heterocycles. The van der Waals surface area contributed by atoms with E-state index in [-0.39, 0.29) is 10.6 Å². The lowest BCUT2D eigenvalue weighted by Gasteiger charge is -2.17. The quantitative estimate of drug-likeness (QED) is 0.437. The van der Waals surface area contributed by atoms with Crippen molar-refractivity contribution in [3.05, 3.63) is 39.0 Å². The van der Waals surface area contributed by atoms with E-state index in [1.54, 1.807) is 0 Å². The van der Waals surface area contributed by atoms with Gasteiger partial charge in [0.2, 0.25) is 0 Å². The molecule has 1 aromatic carbocycles. The molecule has 2 atom stereocenters. The smallest absolute Gasteiger partial charge is 0.140 e. The summed E-state index contributed by atoms with van der Waals surface area (Å²) in [5, 5.41) is 31.3. The van der Waals surface area contributed by atoms with Crippen molar-refractivity contribution in [2.45, 2.75) is 12.2 Å². The van der Waals surface area contributed by atoms with Gasteiger partial charge in [-0.05, 0) is 17.7 Å². The SMILES string of the molecule is [N-]=[N+]=NCC(O)C(O)c1cc(F)cc(Cl)c1O. The zero-order valence-electron chi connectivity index (χ0n) is 8.46. The molecule has 92 valence electrons. The van der Waals surface area contributed by atoms with Gasteiger partial charge < -0.3 is 15.3 Å². The van der Waals surface area contributed by atoms with Gasteiger partial charge in [0.05, 0.1) is 17.7 Å². The van der Waals surface area contributed by atoms with E-state index in [0.29, 0.717) is 0 Å². The first-order valence-corrected chi connectivity index (χ1v) is 4.90. The van der Waals surface area contributed by atoms with E-state index in [4.69, 9.17) is 17.1 Å². The summed E-state index contributed by atoms with van der Waals surface area (Å²) in [4.78, 5) is 2.40. The van der Waals surface area contributed by atoms with Crippen molar-refractivity contribution in [1.82, 2.24) is 0 Å². The highest BCUT2D eigenvalue weighted by Crippen LogP contribution is 2.34. The van der Waals surface area contributed by atoms with Gasteiger partial charge >= 0.3 is 0 Å². The summed E-state index contributed by atoms with van der Waals surface area (Å²) in [7, 11) is 0. The van der Waals surface area contributed by atoms with Gasteiger partial charge in [-0.2, -0.15) is 0 Å². The standard InChI is InChI=1S/C9H9ClFN3O3/c10-6-2-4(11)1-5(8(6)16)9(17)7(15)3-13-14-12/h1-2,7,9,15-17H,3H2. The van der Waals surface area contributed by atoms with Gasteiger partial charge in [-0.1, -0.05) is 16.7 Å². The fraction of sp³-hybridized carbons (Fsp3) is 0.333. The first kappa shape index (κ1) is 13.5. The molecule has 0 aliphatic carbocycles. The monoisotopic (exact) mass is 261 g/mol. The molecule has 0 amide bonds. The lowest BCUT2D eigenvalue weighted by Crippen LogP contribution is -2.21. The number of hydrogen-bond donors (Lipinski definition) is 3. The Bertz CT molecular complexity index is 465. The molecule has 0 spiro atoms. The maximum Gasteiger partial charge on any atom is 0.140 e. The molecule has 1 aromatic rings. The number of aliphatic hydroxyl groups is 2. The minimum atomic E-state index is -1.60. The van der Waals surface area contributed by atoms with Crippen molar-refractivity contribution in [3.8, 4) is 5.75 Å². The lowest BCUT2D eigenvalue weighted by molar-refractivity contribution is 0.0228. The molecule has 0 heterocycles. The molecule has 0 saturated heterocycles. The first-order chi connectivity index (χ1) is 7.97. The van der Waals surface area contributed by atoms with Crippen LogP contribution in [0.25, 0.3) is 10.4 Å². The number of phenolic OH excluding ortho intramolecular Hbond substituents is 1. The Labute approximate surface area is 101 Å². The third kappa shape index (κ3) is 3.21. The van der Waals surface area contributed by atoms with Crippen LogP contribution in [0.2, 0.25) is 5.02 Å². The fourth-order valence-corrected chi connectivity index (χ4v) is 1.45. The predicted octanol–water partition coefficient (Wildman–Crippen LogP) is 1.89. The number of aliphatic hydroxyl groups excluding tert-OH is 2. The molecular weight excluding hydrogens is 253 g/mol. The Morgan fingerprint density at radius 1 is 1.47 bits per heavy atom. The molecule has 2 unspecified atom stereocenters. The van der Waals surface area contributed by atoms with E-state index in [1.165, 1.54) is 0 Å². The van der Waals surface area contributed by atoms with Gasteiger partial charge in [0.15, 0.2) is 0 Å². The molecule has 0 aliphatic rings. The Morgan fingerprint density at radius 3 is 2.71 bits per heavy atom. The maximum atomic E-state index is 13.0. The topological polar surface area (TPSA) is 109 Å². The summed E-state index contributed by atoms with van der Waals surface area (Å²) in [5.74, 6) is -1.29. The van der Waals surface area contributed by atoms with E-state index in [0.717, 1.165) is 12.1 Å². The average molecular weight is 262 g/mol. The van der Waals surface area contributed by atoms with Crippen molar-refractivity contribution in [2.75, 3.05) is 6.54 Å². The number of benzene rings is 1. The summed E-state index contributed by atoms with van der Waals surface area (Å²) in [6.07, 6.45) is -3.07. The third-order valence-corrected chi connectivity index (χ3v) is 2.36. The number of halogens is 2. The zero-order chi connectivity index (χ0) is 13.0. The van der Waals surface area contributed by atoms with Crippen LogP contribution in [0.5, 0.6) is 5.75 Å². The van der Waals surface area contributed by atoms with E-state index in [1.807, 2.05) is 0 Å². The van der Waals surface area contributed by atoms with Crippen molar-refractivity contribution in [1.29, 1.82) is 0 Å². The fourth-order valence-electron chi connectivity index (χ4n) is 1.24. The highest BCUT2D eigenvalue weighted by Gasteiger charge is 2.23. The van der Waals surface area contributed by atoms with E-state index in [2.05, 4.69) is 10.0 Å². The van der Waals surface area contributed by atoms with Gasteiger partial charge in [-0.3, -0.25) is 0 Å². The van der Waals surface area contributed by atoms with Crippen LogP contribution in [-0.4, -0.2) is 28.0 Å². The Morgan fingerprint density at radius 2 is 2.12 bits per heavy atom. The highest BCUT2D eigenvalue weighted by atomic mass is 35.5. The van der Waals surface area contributed by atoms with Crippen LogP contribution in [0, 0.1) is 5.82 Å². The van der Waals surface area contributed by atoms with E-state index >= 15 is 0 Å². The Hall–Kier alpha value is -1.53. The number of azide groups is 1. The summed E-state index contributed by atoms with van der Waals surface area (Å²) in [6, 6.07) is 1.71. The minimum absolute atomic E-state index is 0.268. The van der Waals surface area contributed by atoms with Crippen molar-refractivity contribution < 1.29 is 19.7 Å². The van der Waals surface area contributed by atoms with Gasteiger partial charge in [0.1, 0.15) is 17.7 Å². The average Bonchev–Trinajstić information content (AvgIpc) is 2.29. The van der Waals surface area contributed by atoms with Crippen LogP contribution in [0.15, 0.2) is 17.2 Å². The molecule has 0 bridgehead atoms. The van der Waals surface area contributed by atoms with Crippen LogP contribution < -0.4 is 0 Å². The molecule has 0 radical (unpaired) electrons. The number of rotatable bonds is 4. The number of phenols is 1. The van der Waals surface area contributed by atoms with Crippen molar-refractivity contribution >= 4 is 11.6 Å². The Kier molecular flexibility index (Phi) is 4.53. The lowest BCUT2D eigenvalue weighted by atomic mass is 10.0. The van der Waals surface area contributed by atoms with Crippen LogP contribution >= 0.6 is 11.6 Å². The molecular formula is C9H9ClFN3O3.